The van der Waals surface area contributed by atoms with Gasteiger partial charge in [0.25, 0.3) is 0 Å². The molecule has 2 nitrogen and oxygen atoms in total. The van der Waals surface area contributed by atoms with Crippen LogP contribution in [0.2, 0.25) is 0 Å². The molecule has 3 fully saturated rings. The van der Waals surface area contributed by atoms with Crippen molar-refractivity contribution >= 4 is 5.78 Å². The van der Waals surface area contributed by atoms with Gasteiger partial charge in [0.2, 0.25) is 0 Å². The first-order valence-corrected chi connectivity index (χ1v) is 8.87. The van der Waals surface area contributed by atoms with Crippen molar-refractivity contribution in [3.63, 3.8) is 0 Å². The molecule has 4 aliphatic rings. The topological polar surface area (TPSA) is 37.3 Å². The maximum Gasteiger partial charge on any atom is 0.139 e. The summed E-state index contributed by atoms with van der Waals surface area (Å²) in [5.74, 6) is 1.16. The summed E-state index contributed by atoms with van der Waals surface area (Å²) in [6.07, 6.45) is 11.7. The molecule has 0 amide bonds. The second-order valence-corrected chi connectivity index (χ2v) is 8.52. The summed E-state index contributed by atoms with van der Waals surface area (Å²) in [5.41, 5.74) is 0.779. The van der Waals surface area contributed by atoms with Crippen molar-refractivity contribution in [3.8, 4) is 0 Å². The van der Waals surface area contributed by atoms with Crippen LogP contribution < -0.4 is 0 Å². The van der Waals surface area contributed by atoms with Crippen molar-refractivity contribution in [2.24, 2.45) is 22.7 Å². The number of aliphatic hydroxyl groups is 1. The first kappa shape index (κ1) is 14.0. The molecule has 0 aromatic rings. The summed E-state index contributed by atoms with van der Waals surface area (Å²) in [5, 5.41) is 11.7. The predicted molar refractivity (Wildman–Crippen MR) is 82.8 cm³/mol. The molecule has 2 heteroatoms. The smallest absolute Gasteiger partial charge is 0.139 e. The fraction of sp³-hybridized carbons (Fsp3) is 0.842. The Morgan fingerprint density at radius 3 is 2.71 bits per heavy atom. The van der Waals surface area contributed by atoms with Crippen LogP contribution in [0.3, 0.4) is 0 Å². The Morgan fingerprint density at radius 2 is 1.90 bits per heavy atom. The number of hydrogen-bond acceptors (Lipinski definition) is 2. The molecule has 5 atom stereocenters. The predicted octanol–water partition coefficient (Wildman–Crippen LogP) is 4.02. The third-order valence-corrected chi connectivity index (χ3v) is 7.92. The van der Waals surface area contributed by atoms with Crippen molar-refractivity contribution in [1.82, 2.24) is 0 Å². The number of rotatable bonds is 0. The van der Waals surface area contributed by atoms with E-state index >= 15 is 0 Å². The van der Waals surface area contributed by atoms with Crippen molar-refractivity contribution in [2.45, 2.75) is 77.2 Å². The van der Waals surface area contributed by atoms with E-state index in [0.29, 0.717) is 17.6 Å². The lowest BCUT2D eigenvalue weighted by Crippen LogP contribution is -2.62. The van der Waals surface area contributed by atoms with E-state index < -0.39 is 5.60 Å². The van der Waals surface area contributed by atoms with Crippen LogP contribution in [0.15, 0.2) is 11.6 Å². The largest absolute Gasteiger partial charge is 0.389 e. The number of ketones is 1. The standard InChI is InChI=1S/C19H28O2/c1-17-11-12-19(21)15(14(17)8-9-16(17)20)7-6-13-5-3-4-10-18(13,19)2/h6,14-15,21H,3-5,7-12H2,1-2H3/t14-,15-,17-,18-,19+/m0/s1. The van der Waals surface area contributed by atoms with Gasteiger partial charge in [-0.3, -0.25) is 4.79 Å². The van der Waals surface area contributed by atoms with E-state index in [4.69, 9.17) is 0 Å². The maximum atomic E-state index is 12.4. The van der Waals surface area contributed by atoms with Gasteiger partial charge >= 0.3 is 0 Å². The van der Waals surface area contributed by atoms with Crippen LogP contribution >= 0.6 is 0 Å². The maximum absolute atomic E-state index is 12.4. The number of carbonyl (C=O) groups excluding carboxylic acids is 1. The molecule has 0 heterocycles. The minimum Gasteiger partial charge on any atom is -0.389 e. The summed E-state index contributed by atoms with van der Waals surface area (Å²) >= 11 is 0. The van der Waals surface area contributed by atoms with Crippen LogP contribution in [0, 0.1) is 22.7 Å². The molecule has 0 bridgehead atoms. The molecule has 4 aliphatic carbocycles. The minimum absolute atomic E-state index is 0.0267. The molecule has 0 aromatic carbocycles. The molecule has 0 spiro atoms. The van der Waals surface area contributed by atoms with E-state index in [1.54, 1.807) is 0 Å². The number of allylic oxidation sites excluding steroid dienone is 1. The molecule has 0 aliphatic heterocycles. The fourth-order valence-corrected chi connectivity index (χ4v) is 6.40. The van der Waals surface area contributed by atoms with Gasteiger partial charge in [-0.05, 0) is 56.8 Å². The Balaban J connectivity index is 1.78. The molecule has 1 N–H and O–H groups in total. The highest BCUT2D eigenvalue weighted by atomic mass is 16.3. The van der Waals surface area contributed by atoms with Gasteiger partial charge in [-0.15, -0.1) is 0 Å². The molecule has 4 rings (SSSR count). The van der Waals surface area contributed by atoms with Crippen LogP contribution in [-0.2, 0) is 4.79 Å². The van der Waals surface area contributed by atoms with Gasteiger partial charge in [-0.1, -0.05) is 31.9 Å². The molecule has 3 saturated carbocycles. The molecule has 0 radical (unpaired) electrons. The Hall–Kier alpha value is -0.630. The monoisotopic (exact) mass is 288 g/mol. The lowest BCUT2D eigenvalue weighted by atomic mass is 9.46. The summed E-state index contributed by atoms with van der Waals surface area (Å²) in [4.78, 5) is 12.4. The molecular formula is C19H28O2. The quantitative estimate of drug-likeness (QED) is 0.683. The number of hydrogen-bond donors (Lipinski definition) is 1. The minimum atomic E-state index is -0.563. The van der Waals surface area contributed by atoms with Crippen LogP contribution in [-0.4, -0.2) is 16.5 Å². The highest BCUT2D eigenvalue weighted by molar-refractivity contribution is 5.87. The van der Waals surface area contributed by atoms with E-state index in [1.165, 1.54) is 24.8 Å². The van der Waals surface area contributed by atoms with Gasteiger partial charge in [-0.25, -0.2) is 0 Å². The van der Waals surface area contributed by atoms with E-state index in [-0.39, 0.29) is 10.8 Å². The van der Waals surface area contributed by atoms with Gasteiger partial charge in [0, 0.05) is 17.3 Å². The summed E-state index contributed by atoms with van der Waals surface area (Å²) in [6.45, 7) is 4.48. The number of carbonyl (C=O) groups is 1. The number of fused-ring (bicyclic) bond motifs is 5. The average molecular weight is 288 g/mol. The Kier molecular flexibility index (Phi) is 2.81. The van der Waals surface area contributed by atoms with Gasteiger partial charge < -0.3 is 5.11 Å². The summed E-state index contributed by atoms with van der Waals surface area (Å²) < 4.78 is 0. The Bertz CT molecular complexity index is 522. The van der Waals surface area contributed by atoms with Crippen molar-refractivity contribution in [3.05, 3.63) is 11.6 Å². The zero-order valence-corrected chi connectivity index (χ0v) is 13.5. The molecular weight excluding hydrogens is 260 g/mol. The summed E-state index contributed by atoms with van der Waals surface area (Å²) in [6, 6.07) is 0. The fourth-order valence-electron chi connectivity index (χ4n) is 6.40. The van der Waals surface area contributed by atoms with E-state index in [0.717, 1.165) is 38.5 Å². The van der Waals surface area contributed by atoms with E-state index in [9.17, 15) is 9.90 Å². The van der Waals surface area contributed by atoms with Crippen LogP contribution in [0.25, 0.3) is 0 Å². The van der Waals surface area contributed by atoms with Crippen LogP contribution in [0.1, 0.15) is 71.6 Å². The highest BCUT2D eigenvalue weighted by Gasteiger charge is 2.64. The van der Waals surface area contributed by atoms with Crippen LogP contribution in [0.4, 0.5) is 0 Å². The highest BCUT2D eigenvalue weighted by Crippen LogP contribution is 2.65. The molecule has 0 unspecified atom stereocenters. The summed E-state index contributed by atoms with van der Waals surface area (Å²) in [7, 11) is 0. The number of Topliss-reactive ketones (excluding diaryl/α,β-unsaturated/α-hetero) is 1. The van der Waals surface area contributed by atoms with Gasteiger partial charge in [0.1, 0.15) is 5.78 Å². The Labute approximate surface area is 128 Å². The SMILES string of the molecule is C[C@]12CCCCC1=CC[C@H]1[C@@H]3CCC(=O)[C@@]3(C)CC[C@@]12O. The molecule has 0 aromatic heterocycles. The zero-order chi connectivity index (χ0) is 14.9. The molecule has 116 valence electrons. The van der Waals surface area contributed by atoms with Crippen LogP contribution in [0.5, 0.6) is 0 Å². The lowest BCUT2D eigenvalue weighted by molar-refractivity contribution is -0.181. The van der Waals surface area contributed by atoms with Gasteiger partial charge in [0.15, 0.2) is 0 Å². The normalized spacial score (nSPS) is 52.7. The zero-order valence-electron chi connectivity index (χ0n) is 13.5. The lowest BCUT2D eigenvalue weighted by Gasteiger charge is -2.61. The second-order valence-electron chi connectivity index (χ2n) is 8.52. The van der Waals surface area contributed by atoms with E-state index in [1.807, 2.05) is 0 Å². The first-order chi connectivity index (χ1) is 9.92. The van der Waals surface area contributed by atoms with Crippen molar-refractivity contribution in [2.75, 3.05) is 0 Å². The third kappa shape index (κ3) is 1.55. The first-order valence-electron chi connectivity index (χ1n) is 8.87. The van der Waals surface area contributed by atoms with E-state index in [2.05, 4.69) is 19.9 Å². The second kappa shape index (κ2) is 4.22. The Morgan fingerprint density at radius 1 is 1.10 bits per heavy atom. The average Bonchev–Trinajstić information content (AvgIpc) is 2.76. The third-order valence-electron chi connectivity index (χ3n) is 7.92. The van der Waals surface area contributed by atoms with Crippen molar-refractivity contribution in [1.29, 1.82) is 0 Å². The van der Waals surface area contributed by atoms with Crippen molar-refractivity contribution < 1.29 is 9.90 Å². The van der Waals surface area contributed by atoms with Gasteiger partial charge in [0.05, 0.1) is 5.60 Å². The molecule has 0 saturated heterocycles. The van der Waals surface area contributed by atoms with Gasteiger partial charge in [-0.2, -0.15) is 0 Å². The molecule has 21 heavy (non-hydrogen) atoms.